The summed E-state index contributed by atoms with van der Waals surface area (Å²) >= 11 is 0. The molecule has 0 fully saturated rings. The van der Waals surface area contributed by atoms with Crippen molar-refractivity contribution in [2.45, 2.75) is 5.60 Å². The Morgan fingerprint density at radius 2 is 0.739 bits per heavy atom. The first kappa shape index (κ1) is 14.9. The van der Waals surface area contributed by atoms with Crippen LogP contribution in [-0.2, 0) is 5.60 Å². The minimum atomic E-state index is -1.90. The third kappa shape index (κ3) is 2.39. The van der Waals surface area contributed by atoms with Crippen LogP contribution in [0.4, 0.5) is 0 Å². The standard InChI is InChI=1S/C19H16O4/c20-16-10-4-1-7-13(16)19(23,14-8-2-5-11-17(14)21)15-9-3-6-12-18(15)22/h1-12,20-23H. The molecule has 116 valence electrons. The number of hydrogen-bond acceptors (Lipinski definition) is 4. The maximum absolute atomic E-state index is 11.5. The zero-order valence-electron chi connectivity index (χ0n) is 12.2. The van der Waals surface area contributed by atoms with Crippen LogP contribution in [0, 0.1) is 0 Å². The SMILES string of the molecule is Oc1ccccc1C(O)(c1ccccc1O)c1ccccc1O. The van der Waals surface area contributed by atoms with Crippen molar-refractivity contribution in [2.24, 2.45) is 0 Å². The van der Waals surface area contributed by atoms with Crippen molar-refractivity contribution in [3.63, 3.8) is 0 Å². The molecule has 0 atom stereocenters. The van der Waals surface area contributed by atoms with Crippen molar-refractivity contribution in [1.29, 1.82) is 0 Å². The predicted octanol–water partition coefficient (Wildman–Crippen LogP) is 3.09. The Bertz CT molecular complexity index is 731. The van der Waals surface area contributed by atoms with E-state index in [4.69, 9.17) is 0 Å². The lowest BCUT2D eigenvalue weighted by Crippen LogP contribution is -2.29. The van der Waals surface area contributed by atoms with Crippen molar-refractivity contribution in [3.05, 3.63) is 89.5 Å². The van der Waals surface area contributed by atoms with Gasteiger partial charge in [-0.1, -0.05) is 54.6 Å². The van der Waals surface area contributed by atoms with Gasteiger partial charge >= 0.3 is 0 Å². The van der Waals surface area contributed by atoms with Crippen LogP contribution in [0.1, 0.15) is 16.7 Å². The Hall–Kier alpha value is -2.98. The van der Waals surface area contributed by atoms with Gasteiger partial charge in [-0.2, -0.15) is 0 Å². The van der Waals surface area contributed by atoms with Crippen molar-refractivity contribution in [3.8, 4) is 17.2 Å². The van der Waals surface area contributed by atoms with Crippen LogP contribution in [0.15, 0.2) is 72.8 Å². The van der Waals surface area contributed by atoms with E-state index in [0.29, 0.717) is 0 Å². The van der Waals surface area contributed by atoms with E-state index in [-0.39, 0.29) is 33.9 Å². The highest BCUT2D eigenvalue weighted by atomic mass is 16.3. The Labute approximate surface area is 133 Å². The Morgan fingerprint density at radius 3 is 1.00 bits per heavy atom. The predicted molar refractivity (Wildman–Crippen MR) is 86.4 cm³/mol. The number of phenolic OH excluding ortho intramolecular Hbond substituents is 3. The second-order valence-corrected chi connectivity index (χ2v) is 5.26. The number of aliphatic hydroxyl groups is 1. The molecule has 0 amide bonds. The number of benzene rings is 3. The maximum atomic E-state index is 11.5. The molecule has 3 rings (SSSR count). The molecule has 4 heteroatoms. The van der Waals surface area contributed by atoms with E-state index in [2.05, 4.69) is 0 Å². The van der Waals surface area contributed by atoms with E-state index >= 15 is 0 Å². The average Bonchev–Trinajstić information content (AvgIpc) is 2.55. The first-order valence-electron chi connectivity index (χ1n) is 7.13. The van der Waals surface area contributed by atoms with Crippen molar-refractivity contribution < 1.29 is 20.4 Å². The minimum absolute atomic E-state index is 0.137. The first-order valence-corrected chi connectivity index (χ1v) is 7.13. The van der Waals surface area contributed by atoms with Gasteiger partial charge in [0.25, 0.3) is 0 Å². The lowest BCUT2D eigenvalue weighted by molar-refractivity contribution is 0.116. The van der Waals surface area contributed by atoms with Crippen LogP contribution < -0.4 is 0 Å². The lowest BCUT2D eigenvalue weighted by Gasteiger charge is -2.31. The first-order chi connectivity index (χ1) is 11.0. The van der Waals surface area contributed by atoms with Crippen molar-refractivity contribution >= 4 is 0 Å². The van der Waals surface area contributed by atoms with E-state index in [1.54, 1.807) is 54.6 Å². The van der Waals surface area contributed by atoms with Gasteiger partial charge in [-0.3, -0.25) is 0 Å². The highest BCUT2D eigenvalue weighted by molar-refractivity contribution is 5.58. The molecule has 3 aromatic carbocycles. The van der Waals surface area contributed by atoms with E-state index in [1.165, 1.54) is 18.2 Å². The summed E-state index contributed by atoms with van der Waals surface area (Å²) in [6.45, 7) is 0. The summed E-state index contributed by atoms with van der Waals surface area (Å²) in [6.07, 6.45) is 0. The van der Waals surface area contributed by atoms with Crippen LogP contribution >= 0.6 is 0 Å². The molecular formula is C19H16O4. The number of rotatable bonds is 3. The normalized spacial score (nSPS) is 11.3. The summed E-state index contributed by atoms with van der Waals surface area (Å²) in [5.41, 5.74) is -1.39. The number of phenols is 3. The fourth-order valence-corrected chi connectivity index (χ4v) is 2.77. The molecule has 3 aromatic rings. The second kappa shape index (κ2) is 5.66. The lowest BCUT2D eigenvalue weighted by atomic mass is 9.79. The van der Waals surface area contributed by atoms with Crippen LogP contribution in [0.5, 0.6) is 17.2 Å². The molecule has 0 aliphatic carbocycles. The van der Waals surface area contributed by atoms with Crippen LogP contribution in [-0.4, -0.2) is 20.4 Å². The maximum Gasteiger partial charge on any atom is 0.151 e. The highest BCUT2D eigenvalue weighted by Crippen LogP contribution is 2.46. The summed E-state index contributed by atoms with van der Waals surface area (Å²) in [5, 5.41) is 42.2. The zero-order chi connectivity index (χ0) is 16.4. The van der Waals surface area contributed by atoms with E-state index in [1.807, 2.05) is 0 Å². The summed E-state index contributed by atoms with van der Waals surface area (Å²) < 4.78 is 0. The largest absolute Gasteiger partial charge is 0.508 e. The van der Waals surface area contributed by atoms with Crippen molar-refractivity contribution in [1.82, 2.24) is 0 Å². The van der Waals surface area contributed by atoms with E-state index in [0.717, 1.165) is 0 Å². The van der Waals surface area contributed by atoms with Crippen LogP contribution in [0.2, 0.25) is 0 Å². The van der Waals surface area contributed by atoms with Gasteiger partial charge in [-0.05, 0) is 18.2 Å². The topological polar surface area (TPSA) is 80.9 Å². The van der Waals surface area contributed by atoms with Gasteiger partial charge in [-0.15, -0.1) is 0 Å². The molecule has 0 saturated carbocycles. The smallest absolute Gasteiger partial charge is 0.151 e. The fourth-order valence-electron chi connectivity index (χ4n) is 2.77. The third-order valence-electron chi connectivity index (χ3n) is 3.88. The van der Waals surface area contributed by atoms with E-state index < -0.39 is 5.60 Å². The molecule has 0 bridgehead atoms. The Morgan fingerprint density at radius 1 is 0.478 bits per heavy atom. The molecule has 0 aromatic heterocycles. The monoisotopic (exact) mass is 308 g/mol. The zero-order valence-corrected chi connectivity index (χ0v) is 12.2. The summed E-state index contributed by atoms with van der Waals surface area (Å²) in [6, 6.07) is 18.9. The minimum Gasteiger partial charge on any atom is -0.508 e. The number of hydrogen-bond donors (Lipinski definition) is 4. The molecule has 0 heterocycles. The Kier molecular flexibility index (Phi) is 3.68. The fraction of sp³-hybridized carbons (Fsp3) is 0.0526. The molecule has 0 unspecified atom stereocenters. The van der Waals surface area contributed by atoms with Crippen molar-refractivity contribution in [2.75, 3.05) is 0 Å². The molecule has 0 aliphatic heterocycles. The highest BCUT2D eigenvalue weighted by Gasteiger charge is 2.39. The van der Waals surface area contributed by atoms with Gasteiger partial charge in [0.2, 0.25) is 0 Å². The van der Waals surface area contributed by atoms with Gasteiger partial charge in [0, 0.05) is 16.7 Å². The molecule has 0 spiro atoms. The average molecular weight is 308 g/mol. The van der Waals surface area contributed by atoms with Gasteiger partial charge in [0.05, 0.1) is 0 Å². The molecular weight excluding hydrogens is 292 g/mol. The van der Waals surface area contributed by atoms with Crippen LogP contribution in [0.25, 0.3) is 0 Å². The number of aromatic hydroxyl groups is 3. The molecule has 0 radical (unpaired) electrons. The summed E-state index contributed by atoms with van der Waals surface area (Å²) in [7, 11) is 0. The number of para-hydroxylation sites is 3. The van der Waals surface area contributed by atoms with Gasteiger partial charge < -0.3 is 20.4 Å². The quantitative estimate of drug-likeness (QED) is 0.561. The molecule has 4 nitrogen and oxygen atoms in total. The Balaban J connectivity index is 2.38. The van der Waals surface area contributed by atoms with Gasteiger partial charge in [0.1, 0.15) is 17.2 Å². The van der Waals surface area contributed by atoms with Gasteiger partial charge in [-0.25, -0.2) is 0 Å². The molecule has 0 aliphatic rings. The molecule has 4 N–H and O–H groups in total. The van der Waals surface area contributed by atoms with Gasteiger partial charge in [0.15, 0.2) is 5.60 Å². The van der Waals surface area contributed by atoms with E-state index in [9.17, 15) is 20.4 Å². The van der Waals surface area contributed by atoms with Crippen LogP contribution in [0.3, 0.4) is 0 Å². The second-order valence-electron chi connectivity index (χ2n) is 5.26. The summed E-state index contributed by atoms with van der Waals surface area (Å²) in [4.78, 5) is 0. The summed E-state index contributed by atoms with van der Waals surface area (Å²) in [5.74, 6) is -0.412. The third-order valence-corrected chi connectivity index (χ3v) is 3.88. The molecule has 0 saturated heterocycles. The molecule has 23 heavy (non-hydrogen) atoms.